The predicted octanol–water partition coefficient (Wildman–Crippen LogP) is 3.70. The van der Waals surface area contributed by atoms with Crippen molar-refractivity contribution in [1.29, 1.82) is 0 Å². The summed E-state index contributed by atoms with van der Waals surface area (Å²) in [6, 6.07) is -1.37. The molecule has 8 N–H and O–H groups in total. The zero-order valence-corrected chi connectivity index (χ0v) is 30.1. The summed E-state index contributed by atoms with van der Waals surface area (Å²) in [6.45, 7) is 7.02. The van der Waals surface area contributed by atoms with E-state index in [1.54, 1.807) is 9.80 Å². The lowest BCUT2D eigenvalue weighted by molar-refractivity contribution is -0.146. The quantitative estimate of drug-likeness (QED) is 0.0476. The first-order valence-corrected chi connectivity index (χ1v) is 18.3. The van der Waals surface area contributed by atoms with Crippen LogP contribution in [-0.4, -0.2) is 98.1 Å². The zero-order valence-electron chi connectivity index (χ0n) is 30.1. The third kappa shape index (κ3) is 24.4. The van der Waals surface area contributed by atoms with Crippen LogP contribution < -0.4 is 22.9 Å². The van der Waals surface area contributed by atoms with Gasteiger partial charge in [-0.05, 0) is 90.1 Å². The fourth-order valence-electron chi connectivity index (χ4n) is 4.94. The zero-order chi connectivity index (χ0) is 35.8. The normalized spacial score (nSPS) is 12.7. The summed E-state index contributed by atoms with van der Waals surface area (Å²) in [5, 5.41) is 0. The van der Waals surface area contributed by atoms with E-state index in [0.29, 0.717) is 65.1 Å². The number of nitrogens with zero attached hydrogens (tertiary/aromatic N) is 2. The van der Waals surface area contributed by atoms with Crippen LogP contribution in [0.4, 0.5) is 0 Å². The third-order valence-electron chi connectivity index (χ3n) is 7.84. The number of ether oxygens (including phenoxy) is 2. The predicted molar refractivity (Wildman–Crippen MR) is 193 cm³/mol. The minimum absolute atomic E-state index is 0.0747. The Labute approximate surface area is 290 Å². The van der Waals surface area contributed by atoms with Crippen LogP contribution in [0.15, 0.2) is 24.3 Å². The SMILES string of the molecule is CC/C=C\CCCOC(=O)CCN(CCCCN(CCC(=O)OCCC/C=C\CC)C(=O)[C@@H](N)CCCCN)C(=O)[C@@H](N)CCCCN. The standard InChI is InChI=1S/C36H68N6O6/c1-3-5-7-9-17-29-47-33(43)21-27-41(35(45)31(39)19-11-13-23-37)25-15-16-26-42(36(46)32(40)20-12-14-24-38)28-22-34(44)48-30-18-10-8-6-4-2/h5-8,31-32H,3-4,9-30,37-40H2,1-2H3/b7-5-,8-6-/t31-,32-/m0/s1. The summed E-state index contributed by atoms with van der Waals surface area (Å²) >= 11 is 0. The van der Waals surface area contributed by atoms with Gasteiger partial charge in [-0.2, -0.15) is 0 Å². The van der Waals surface area contributed by atoms with Crippen molar-refractivity contribution < 1.29 is 28.7 Å². The molecule has 0 bridgehead atoms. The molecule has 0 heterocycles. The van der Waals surface area contributed by atoms with E-state index in [-0.39, 0.29) is 49.7 Å². The van der Waals surface area contributed by atoms with Crippen LogP contribution in [-0.2, 0) is 28.7 Å². The van der Waals surface area contributed by atoms with Gasteiger partial charge in [-0.15, -0.1) is 0 Å². The molecule has 0 saturated carbocycles. The van der Waals surface area contributed by atoms with Crippen molar-refractivity contribution in [3.05, 3.63) is 24.3 Å². The van der Waals surface area contributed by atoms with Crippen molar-refractivity contribution in [3.8, 4) is 0 Å². The number of amides is 2. The lowest BCUT2D eigenvalue weighted by Crippen LogP contribution is -2.46. The molecule has 0 saturated heterocycles. The highest BCUT2D eigenvalue weighted by molar-refractivity contribution is 5.83. The van der Waals surface area contributed by atoms with Gasteiger partial charge in [-0.1, -0.05) is 51.0 Å². The summed E-state index contributed by atoms with van der Waals surface area (Å²) in [6.07, 6.45) is 18.8. The maximum atomic E-state index is 13.3. The lowest BCUT2D eigenvalue weighted by atomic mass is 10.1. The van der Waals surface area contributed by atoms with Crippen LogP contribution in [0.1, 0.15) is 117 Å². The molecule has 48 heavy (non-hydrogen) atoms. The average Bonchev–Trinajstić information content (AvgIpc) is 3.08. The van der Waals surface area contributed by atoms with Gasteiger partial charge in [-0.3, -0.25) is 19.2 Å². The van der Waals surface area contributed by atoms with Gasteiger partial charge in [0.05, 0.1) is 38.1 Å². The summed E-state index contributed by atoms with van der Waals surface area (Å²) in [5.74, 6) is -1.14. The van der Waals surface area contributed by atoms with Gasteiger partial charge < -0.3 is 42.2 Å². The van der Waals surface area contributed by atoms with E-state index in [0.717, 1.165) is 64.2 Å². The molecule has 0 aromatic rings. The fourth-order valence-corrected chi connectivity index (χ4v) is 4.94. The van der Waals surface area contributed by atoms with E-state index in [4.69, 9.17) is 32.4 Å². The number of nitrogens with two attached hydrogens (primary N) is 4. The molecule has 0 aliphatic heterocycles. The van der Waals surface area contributed by atoms with Crippen molar-refractivity contribution in [1.82, 2.24) is 9.80 Å². The Hall–Kier alpha value is -2.80. The molecule has 0 unspecified atom stereocenters. The van der Waals surface area contributed by atoms with Crippen molar-refractivity contribution in [2.24, 2.45) is 22.9 Å². The lowest BCUT2D eigenvalue weighted by Gasteiger charge is -2.28. The summed E-state index contributed by atoms with van der Waals surface area (Å²) < 4.78 is 10.7. The second-order valence-corrected chi connectivity index (χ2v) is 12.1. The van der Waals surface area contributed by atoms with E-state index < -0.39 is 12.1 Å². The molecule has 278 valence electrons. The molecule has 0 spiro atoms. The largest absolute Gasteiger partial charge is 0.466 e. The van der Waals surface area contributed by atoms with Crippen LogP contribution in [0.3, 0.4) is 0 Å². The molecule has 0 fully saturated rings. The fraction of sp³-hybridized carbons (Fsp3) is 0.778. The van der Waals surface area contributed by atoms with E-state index in [9.17, 15) is 19.2 Å². The number of unbranched alkanes of at least 4 members (excludes halogenated alkanes) is 5. The number of hydrogen-bond acceptors (Lipinski definition) is 10. The van der Waals surface area contributed by atoms with Crippen LogP contribution in [0.5, 0.6) is 0 Å². The Morgan fingerprint density at radius 3 is 1.31 bits per heavy atom. The van der Waals surface area contributed by atoms with E-state index in [2.05, 4.69) is 38.2 Å². The van der Waals surface area contributed by atoms with Gasteiger partial charge in [0.1, 0.15) is 0 Å². The summed E-state index contributed by atoms with van der Waals surface area (Å²) in [7, 11) is 0. The number of hydrogen-bond donors (Lipinski definition) is 4. The second-order valence-electron chi connectivity index (χ2n) is 12.1. The minimum atomic E-state index is -0.684. The molecule has 0 rings (SSSR count). The number of allylic oxidation sites excluding steroid dienone is 4. The third-order valence-corrected chi connectivity index (χ3v) is 7.84. The maximum absolute atomic E-state index is 13.3. The van der Waals surface area contributed by atoms with Crippen LogP contribution in [0.25, 0.3) is 0 Å². The molecule has 0 aromatic heterocycles. The van der Waals surface area contributed by atoms with Gasteiger partial charge >= 0.3 is 11.9 Å². The van der Waals surface area contributed by atoms with Crippen molar-refractivity contribution in [3.63, 3.8) is 0 Å². The minimum Gasteiger partial charge on any atom is -0.466 e. The number of carbonyl (C=O) groups excluding carboxylic acids is 4. The average molecular weight is 681 g/mol. The molecule has 0 aliphatic rings. The van der Waals surface area contributed by atoms with Crippen molar-refractivity contribution in [2.75, 3.05) is 52.5 Å². The number of esters is 2. The van der Waals surface area contributed by atoms with Crippen LogP contribution in [0.2, 0.25) is 0 Å². The highest BCUT2D eigenvalue weighted by Gasteiger charge is 2.24. The van der Waals surface area contributed by atoms with E-state index in [1.807, 2.05) is 0 Å². The van der Waals surface area contributed by atoms with Gasteiger partial charge in [0.15, 0.2) is 0 Å². The molecule has 2 atom stereocenters. The molecule has 12 heteroatoms. The smallest absolute Gasteiger partial charge is 0.307 e. The number of rotatable bonds is 31. The Kier molecular flexibility index (Phi) is 29.6. The van der Waals surface area contributed by atoms with Gasteiger partial charge in [0.25, 0.3) is 0 Å². The Morgan fingerprint density at radius 2 is 0.958 bits per heavy atom. The van der Waals surface area contributed by atoms with Gasteiger partial charge in [0.2, 0.25) is 11.8 Å². The molecule has 2 amide bonds. The van der Waals surface area contributed by atoms with Gasteiger partial charge in [-0.25, -0.2) is 0 Å². The highest BCUT2D eigenvalue weighted by Crippen LogP contribution is 2.10. The Balaban J connectivity index is 5.20. The first-order valence-electron chi connectivity index (χ1n) is 18.3. The van der Waals surface area contributed by atoms with Crippen molar-refractivity contribution in [2.45, 2.75) is 129 Å². The Morgan fingerprint density at radius 1 is 0.562 bits per heavy atom. The molecule has 0 radical (unpaired) electrons. The second kappa shape index (κ2) is 31.5. The molecule has 12 nitrogen and oxygen atoms in total. The molecule has 0 aromatic carbocycles. The van der Waals surface area contributed by atoms with Crippen LogP contribution in [0, 0.1) is 0 Å². The van der Waals surface area contributed by atoms with Gasteiger partial charge in [0, 0.05) is 26.2 Å². The first kappa shape index (κ1) is 45.2. The summed E-state index contributed by atoms with van der Waals surface area (Å²) in [5.41, 5.74) is 23.7. The monoisotopic (exact) mass is 681 g/mol. The molecular weight excluding hydrogens is 612 g/mol. The van der Waals surface area contributed by atoms with E-state index in [1.165, 1.54) is 0 Å². The van der Waals surface area contributed by atoms with E-state index >= 15 is 0 Å². The maximum Gasteiger partial charge on any atom is 0.307 e. The topological polar surface area (TPSA) is 197 Å². The Bertz CT molecular complexity index is 843. The number of carbonyl (C=O) groups is 4. The molecule has 0 aliphatic carbocycles. The molecular formula is C36H68N6O6. The van der Waals surface area contributed by atoms with Crippen molar-refractivity contribution >= 4 is 23.8 Å². The highest BCUT2D eigenvalue weighted by atomic mass is 16.5. The van der Waals surface area contributed by atoms with Crippen LogP contribution >= 0.6 is 0 Å². The first-order chi connectivity index (χ1) is 23.2. The summed E-state index contributed by atoms with van der Waals surface area (Å²) in [4.78, 5) is 54.6.